The predicted molar refractivity (Wildman–Crippen MR) is 58.9 cm³/mol. The Morgan fingerprint density at radius 1 is 0.905 bits per heavy atom. The van der Waals surface area contributed by atoms with Gasteiger partial charge in [-0.05, 0) is 17.7 Å². The molecular formula is C12H9F6NO2. The predicted octanol–water partition coefficient (Wildman–Crippen LogP) is 3.63. The second-order valence-corrected chi connectivity index (χ2v) is 3.92. The Hall–Kier alpha value is -2.11. The first-order valence-electron chi connectivity index (χ1n) is 5.50. The Labute approximate surface area is 115 Å². The molecule has 0 aliphatic carbocycles. The average molecular weight is 313 g/mol. The summed E-state index contributed by atoms with van der Waals surface area (Å²) in [5, 5.41) is 8.50. The van der Waals surface area contributed by atoms with Gasteiger partial charge in [0, 0.05) is 0 Å². The van der Waals surface area contributed by atoms with Crippen molar-refractivity contribution < 1.29 is 35.8 Å². The third-order valence-corrected chi connectivity index (χ3v) is 2.07. The van der Waals surface area contributed by atoms with Crippen LogP contribution < -0.4 is 9.47 Å². The molecule has 116 valence electrons. The molecule has 3 nitrogen and oxygen atoms in total. The van der Waals surface area contributed by atoms with E-state index in [1.165, 1.54) is 6.07 Å². The minimum atomic E-state index is -4.65. The Kier molecular flexibility index (Phi) is 5.29. The van der Waals surface area contributed by atoms with Crippen LogP contribution in [0.25, 0.3) is 0 Å². The van der Waals surface area contributed by atoms with Crippen LogP contribution in [0.15, 0.2) is 18.2 Å². The quantitative estimate of drug-likeness (QED) is 0.780. The van der Waals surface area contributed by atoms with E-state index in [2.05, 4.69) is 9.47 Å². The number of benzene rings is 1. The maximum Gasteiger partial charge on any atom is 0.422 e. The van der Waals surface area contributed by atoms with Crippen molar-refractivity contribution in [3.8, 4) is 17.6 Å². The molecule has 0 N–H and O–H groups in total. The normalized spacial score (nSPS) is 11.9. The van der Waals surface area contributed by atoms with Gasteiger partial charge in [0.05, 0.1) is 12.5 Å². The highest BCUT2D eigenvalue weighted by molar-refractivity contribution is 5.43. The molecule has 1 aromatic carbocycles. The minimum Gasteiger partial charge on any atom is -0.480 e. The molecule has 0 aromatic heterocycles. The van der Waals surface area contributed by atoms with E-state index in [1.807, 2.05) is 0 Å². The van der Waals surface area contributed by atoms with Crippen LogP contribution in [0.4, 0.5) is 26.3 Å². The van der Waals surface area contributed by atoms with Gasteiger partial charge < -0.3 is 9.47 Å². The molecule has 0 bridgehead atoms. The maximum absolute atomic E-state index is 12.1. The van der Waals surface area contributed by atoms with E-state index in [4.69, 9.17) is 5.26 Å². The summed E-state index contributed by atoms with van der Waals surface area (Å²) >= 11 is 0. The third-order valence-electron chi connectivity index (χ3n) is 2.07. The first-order chi connectivity index (χ1) is 9.61. The van der Waals surface area contributed by atoms with Crippen molar-refractivity contribution in [1.82, 2.24) is 0 Å². The molecular weight excluding hydrogens is 304 g/mol. The second-order valence-electron chi connectivity index (χ2n) is 3.92. The van der Waals surface area contributed by atoms with Crippen LogP contribution in [0.3, 0.4) is 0 Å². The van der Waals surface area contributed by atoms with Gasteiger partial charge in [0.2, 0.25) is 0 Å². The summed E-state index contributed by atoms with van der Waals surface area (Å²) in [5.41, 5.74) is 0.300. The van der Waals surface area contributed by atoms with Gasteiger partial charge in [0.1, 0.15) is 0 Å². The van der Waals surface area contributed by atoms with Crippen molar-refractivity contribution in [2.75, 3.05) is 13.2 Å². The molecule has 1 rings (SSSR count). The molecule has 0 aliphatic heterocycles. The van der Waals surface area contributed by atoms with E-state index < -0.39 is 37.1 Å². The molecule has 0 aliphatic rings. The summed E-state index contributed by atoms with van der Waals surface area (Å²) in [6.07, 6.45) is -9.40. The van der Waals surface area contributed by atoms with Gasteiger partial charge in [-0.15, -0.1) is 0 Å². The first-order valence-corrected chi connectivity index (χ1v) is 5.50. The minimum absolute atomic E-state index is 0.123. The van der Waals surface area contributed by atoms with Crippen molar-refractivity contribution in [2.24, 2.45) is 0 Å². The highest BCUT2D eigenvalue weighted by Gasteiger charge is 2.31. The summed E-state index contributed by atoms with van der Waals surface area (Å²) in [5.74, 6) is -0.970. The monoisotopic (exact) mass is 313 g/mol. The highest BCUT2D eigenvalue weighted by atomic mass is 19.4. The summed E-state index contributed by atoms with van der Waals surface area (Å²) in [6.45, 7) is -3.33. The number of hydrogen-bond acceptors (Lipinski definition) is 3. The fraction of sp³-hybridized carbons (Fsp3) is 0.417. The van der Waals surface area contributed by atoms with Gasteiger partial charge in [-0.1, -0.05) is 6.07 Å². The molecule has 1 aromatic rings. The van der Waals surface area contributed by atoms with Crippen molar-refractivity contribution in [3.63, 3.8) is 0 Å². The lowest BCUT2D eigenvalue weighted by molar-refractivity contribution is -0.158. The van der Waals surface area contributed by atoms with Gasteiger partial charge >= 0.3 is 12.4 Å². The van der Waals surface area contributed by atoms with Crippen molar-refractivity contribution in [2.45, 2.75) is 18.8 Å². The maximum atomic E-state index is 12.1. The number of halogens is 6. The van der Waals surface area contributed by atoms with Gasteiger partial charge in [-0.25, -0.2) is 0 Å². The van der Waals surface area contributed by atoms with Crippen LogP contribution in [0.1, 0.15) is 5.56 Å². The van der Waals surface area contributed by atoms with Gasteiger partial charge in [0.15, 0.2) is 24.7 Å². The zero-order valence-electron chi connectivity index (χ0n) is 10.4. The molecule has 0 spiro atoms. The third kappa shape index (κ3) is 6.74. The van der Waals surface area contributed by atoms with Crippen LogP contribution >= 0.6 is 0 Å². The molecule has 0 fully saturated rings. The number of hydrogen-bond donors (Lipinski definition) is 0. The standard InChI is InChI=1S/C12H9F6NO2/c13-11(14,15)6-20-9-2-1-8(3-4-19)5-10(9)21-7-12(16,17)18/h1-2,5H,3,6-7H2. The van der Waals surface area contributed by atoms with Crippen LogP contribution in [-0.4, -0.2) is 25.6 Å². The Morgan fingerprint density at radius 3 is 1.90 bits per heavy atom. The fourth-order valence-electron chi connectivity index (χ4n) is 1.30. The molecule has 0 saturated heterocycles. The largest absolute Gasteiger partial charge is 0.480 e. The molecule has 0 saturated carbocycles. The summed E-state index contributed by atoms with van der Waals surface area (Å²) in [6, 6.07) is 5.11. The summed E-state index contributed by atoms with van der Waals surface area (Å²) in [4.78, 5) is 0. The molecule has 0 heterocycles. The molecule has 0 unspecified atom stereocenters. The lowest BCUT2D eigenvalue weighted by Gasteiger charge is -2.15. The summed E-state index contributed by atoms with van der Waals surface area (Å²) < 4.78 is 81.3. The van der Waals surface area contributed by atoms with E-state index in [0.717, 1.165) is 12.1 Å². The van der Waals surface area contributed by atoms with Crippen LogP contribution in [0, 0.1) is 11.3 Å². The SMILES string of the molecule is N#CCc1ccc(OCC(F)(F)F)c(OCC(F)(F)F)c1. The lowest BCUT2D eigenvalue weighted by atomic mass is 10.1. The number of rotatable bonds is 5. The van der Waals surface area contributed by atoms with Crippen molar-refractivity contribution in [3.05, 3.63) is 23.8 Å². The topological polar surface area (TPSA) is 42.2 Å². The average Bonchev–Trinajstić information content (AvgIpc) is 2.33. The fourth-order valence-corrected chi connectivity index (χ4v) is 1.30. The van der Waals surface area contributed by atoms with E-state index in [-0.39, 0.29) is 6.42 Å². The molecule has 0 amide bonds. The van der Waals surface area contributed by atoms with Crippen LogP contribution in [-0.2, 0) is 6.42 Å². The van der Waals surface area contributed by atoms with Crippen molar-refractivity contribution in [1.29, 1.82) is 5.26 Å². The molecule has 0 radical (unpaired) electrons. The zero-order chi connectivity index (χ0) is 16.1. The van der Waals surface area contributed by atoms with Crippen molar-refractivity contribution >= 4 is 0 Å². The van der Waals surface area contributed by atoms with Gasteiger partial charge in [-0.3, -0.25) is 0 Å². The number of nitrogens with zero attached hydrogens (tertiary/aromatic N) is 1. The van der Waals surface area contributed by atoms with E-state index in [1.54, 1.807) is 6.07 Å². The second kappa shape index (κ2) is 6.56. The molecule has 21 heavy (non-hydrogen) atoms. The Balaban J connectivity index is 2.91. The lowest BCUT2D eigenvalue weighted by Crippen LogP contribution is -2.21. The van der Waals surface area contributed by atoms with Gasteiger partial charge in [0.25, 0.3) is 0 Å². The van der Waals surface area contributed by atoms with Crippen LogP contribution in [0.5, 0.6) is 11.5 Å². The first kappa shape index (κ1) is 16.9. The van der Waals surface area contributed by atoms with E-state index in [9.17, 15) is 26.3 Å². The van der Waals surface area contributed by atoms with E-state index >= 15 is 0 Å². The summed E-state index contributed by atoms with van der Waals surface area (Å²) in [7, 11) is 0. The number of nitriles is 1. The van der Waals surface area contributed by atoms with E-state index in [0.29, 0.717) is 5.56 Å². The van der Waals surface area contributed by atoms with Crippen LogP contribution in [0.2, 0.25) is 0 Å². The Bertz CT molecular complexity index is 518. The van der Waals surface area contributed by atoms with Gasteiger partial charge in [-0.2, -0.15) is 31.6 Å². The highest BCUT2D eigenvalue weighted by Crippen LogP contribution is 2.31. The molecule has 9 heteroatoms. The molecule has 0 atom stereocenters. The smallest absolute Gasteiger partial charge is 0.422 e. The Morgan fingerprint density at radius 2 is 1.43 bits per heavy atom. The number of alkyl halides is 6. The zero-order valence-corrected chi connectivity index (χ0v) is 10.4. The number of ether oxygens (including phenoxy) is 2.